The Labute approximate surface area is 98.8 Å². The Morgan fingerprint density at radius 3 is 3.18 bits per heavy atom. The first kappa shape index (κ1) is 11.0. The highest BCUT2D eigenvalue weighted by molar-refractivity contribution is 6.05. The van der Waals surface area contributed by atoms with Crippen molar-refractivity contribution in [2.75, 3.05) is 19.8 Å². The van der Waals surface area contributed by atoms with Gasteiger partial charge in [0, 0.05) is 6.61 Å². The number of oxime groups is 1. The molecule has 2 saturated heterocycles. The normalized spacial score (nSPS) is 36.1. The molecule has 0 aromatic heterocycles. The highest BCUT2D eigenvalue weighted by Gasteiger charge is 2.46. The third-order valence-corrected chi connectivity index (χ3v) is 3.23. The number of rotatable bonds is 3. The van der Waals surface area contributed by atoms with Crippen LogP contribution in [-0.4, -0.2) is 43.9 Å². The summed E-state index contributed by atoms with van der Waals surface area (Å²) in [4.78, 5) is 16.6. The van der Waals surface area contributed by atoms with Gasteiger partial charge < -0.3 is 19.0 Å². The molecule has 3 aliphatic rings. The van der Waals surface area contributed by atoms with Crippen LogP contribution in [0.1, 0.15) is 19.3 Å². The van der Waals surface area contributed by atoms with Crippen molar-refractivity contribution in [1.82, 2.24) is 0 Å². The van der Waals surface area contributed by atoms with E-state index in [1.165, 1.54) is 0 Å². The lowest BCUT2D eigenvalue weighted by Gasteiger charge is -2.22. The largest absolute Gasteiger partial charge is 0.461 e. The van der Waals surface area contributed by atoms with Crippen molar-refractivity contribution in [3.05, 3.63) is 0 Å². The van der Waals surface area contributed by atoms with E-state index in [4.69, 9.17) is 19.0 Å². The van der Waals surface area contributed by atoms with Crippen molar-refractivity contribution >= 4 is 11.7 Å². The van der Waals surface area contributed by atoms with Crippen LogP contribution in [0, 0.1) is 5.92 Å². The van der Waals surface area contributed by atoms with Gasteiger partial charge in [-0.1, -0.05) is 5.16 Å². The van der Waals surface area contributed by atoms with Crippen molar-refractivity contribution < 1.29 is 23.8 Å². The Balaban J connectivity index is 1.53. The van der Waals surface area contributed by atoms with E-state index in [-0.39, 0.29) is 37.5 Å². The van der Waals surface area contributed by atoms with E-state index in [0.717, 1.165) is 25.9 Å². The van der Waals surface area contributed by atoms with Gasteiger partial charge in [-0.15, -0.1) is 0 Å². The molecule has 2 fully saturated rings. The Morgan fingerprint density at radius 1 is 1.41 bits per heavy atom. The van der Waals surface area contributed by atoms with Crippen LogP contribution in [0.3, 0.4) is 0 Å². The molecule has 3 heterocycles. The van der Waals surface area contributed by atoms with Gasteiger partial charge in [0.1, 0.15) is 18.2 Å². The third-order valence-electron chi connectivity index (χ3n) is 3.23. The number of hydrogen-bond acceptors (Lipinski definition) is 6. The minimum Gasteiger partial charge on any atom is -0.461 e. The minimum absolute atomic E-state index is 0.178. The molecule has 0 N–H and O–H groups in total. The number of carbonyl (C=O) groups excluding carboxylic acids is 1. The maximum Gasteiger partial charge on any atom is 0.319 e. The number of cyclic esters (lactones) is 1. The van der Waals surface area contributed by atoms with E-state index < -0.39 is 0 Å². The summed E-state index contributed by atoms with van der Waals surface area (Å²) in [6.45, 7) is 1.30. The van der Waals surface area contributed by atoms with E-state index in [1.54, 1.807) is 0 Å². The van der Waals surface area contributed by atoms with Crippen LogP contribution in [0.5, 0.6) is 0 Å². The van der Waals surface area contributed by atoms with E-state index in [2.05, 4.69) is 5.16 Å². The standard InChI is InChI=1S/C11H15NO5/c13-11-10-7(12-17-8(10)6-16-11)5-15-9-3-1-2-4-14-9/h8-10H,1-6H2/t8-,9?,10-/m1/s1. The highest BCUT2D eigenvalue weighted by Crippen LogP contribution is 2.26. The van der Waals surface area contributed by atoms with Crippen LogP contribution >= 0.6 is 0 Å². The lowest BCUT2D eigenvalue weighted by Crippen LogP contribution is -2.31. The van der Waals surface area contributed by atoms with E-state index in [0.29, 0.717) is 5.71 Å². The summed E-state index contributed by atoms with van der Waals surface area (Å²) in [5, 5.41) is 3.89. The number of ether oxygens (including phenoxy) is 3. The first-order chi connectivity index (χ1) is 8.34. The molecule has 94 valence electrons. The molecule has 0 bridgehead atoms. The SMILES string of the molecule is O=C1OC[C@H]2ON=C(COC3CCCCO3)[C@@H]12. The second-order valence-electron chi connectivity index (χ2n) is 4.44. The summed E-state index contributed by atoms with van der Waals surface area (Å²) >= 11 is 0. The molecule has 0 spiro atoms. The summed E-state index contributed by atoms with van der Waals surface area (Å²) in [5.74, 6) is -0.641. The average Bonchev–Trinajstić information content (AvgIpc) is 2.92. The summed E-state index contributed by atoms with van der Waals surface area (Å²) < 4.78 is 15.9. The first-order valence-corrected chi connectivity index (χ1v) is 5.97. The molecule has 0 radical (unpaired) electrons. The first-order valence-electron chi connectivity index (χ1n) is 5.97. The Kier molecular flexibility index (Phi) is 2.98. The Hall–Kier alpha value is -1.14. The molecule has 0 aromatic carbocycles. The fourth-order valence-electron chi connectivity index (χ4n) is 2.27. The topological polar surface area (TPSA) is 66.4 Å². The molecule has 1 unspecified atom stereocenters. The molecule has 0 saturated carbocycles. The quantitative estimate of drug-likeness (QED) is 0.671. The van der Waals surface area contributed by atoms with E-state index in [9.17, 15) is 4.79 Å². The lowest BCUT2D eigenvalue weighted by atomic mass is 10.0. The number of fused-ring (bicyclic) bond motifs is 1. The van der Waals surface area contributed by atoms with Crippen LogP contribution < -0.4 is 0 Å². The number of nitrogens with zero attached hydrogens (tertiary/aromatic N) is 1. The molecule has 0 amide bonds. The summed E-state index contributed by atoms with van der Waals surface area (Å²) in [6, 6.07) is 0. The van der Waals surface area contributed by atoms with Gasteiger partial charge in [-0.2, -0.15) is 0 Å². The van der Waals surface area contributed by atoms with Crippen LogP contribution in [0.25, 0.3) is 0 Å². The van der Waals surface area contributed by atoms with Crippen molar-refractivity contribution in [3.63, 3.8) is 0 Å². The Bertz CT molecular complexity index is 337. The molecule has 3 rings (SSSR count). The fourth-order valence-corrected chi connectivity index (χ4v) is 2.27. The van der Waals surface area contributed by atoms with Gasteiger partial charge in [0.05, 0.1) is 6.61 Å². The molecular weight excluding hydrogens is 226 g/mol. The zero-order chi connectivity index (χ0) is 11.7. The maximum atomic E-state index is 11.4. The minimum atomic E-state index is -0.376. The van der Waals surface area contributed by atoms with Gasteiger partial charge in [-0.05, 0) is 19.3 Å². The predicted molar refractivity (Wildman–Crippen MR) is 56.3 cm³/mol. The molecule has 3 aliphatic heterocycles. The Morgan fingerprint density at radius 2 is 2.35 bits per heavy atom. The van der Waals surface area contributed by atoms with E-state index >= 15 is 0 Å². The number of esters is 1. The molecule has 0 aromatic rings. The van der Waals surface area contributed by atoms with Gasteiger partial charge in [-0.25, -0.2) is 0 Å². The smallest absolute Gasteiger partial charge is 0.319 e. The summed E-state index contributed by atoms with van der Waals surface area (Å²) in [7, 11) is 0. The van der Waals surface area contributed by atoms with Gasteiger partial charge in [-0.3, -0.25) is 4.79 Å². The van der Waals surface area contributed by atoms with Crippen LogP contribution in [0.2, 0.25) is 0 Å². The second kappa shape index (κ2) is 4.62. The van der Waals surface area contributed by atoms with Crippen molar-refractivity contribution in [3.8, 4) is 0 Å². The zero-order valence-corrected chi connectivity index (χ0v) is 9.46. The molecule has 0 aliphatic carbocycles. The van der Waals surface area contributed by atoms with Crippen LogP contribution in [0.4, 0.5) is 0 Å². The van der Waals surface area contributed by atoms with Gasteiger partial charge in [0.2, 0.25) is 0 Å². The summed E-state index contributed by atoms with van der Waals surface area (Å²) in [6.07, 6.45) is 2.66. The van der Waals surface area contributed by atoms with Crippen LogP contribution in [0.15, 0.2) is 5.16 Å². The van der Waals surface area contributed by atoms with E-state index in [1.807, 2.05) is 0 Å². The molecule has 6 heteroatoms. The van der Waals surface area contributed by atoms with Gasteiger partial charge in [0.25, 0.3) is 0 Å². The fraction of sp³-hybridized carbons (Fsp3) is 0.818. The van der Waals surface area contributed by atoms with Gasteiger partial charge in [0.15, 0.2) is 12.4 Å². The molecule has 3 atom stereocenters. The average molecular weight is 241 g/mol. The monoisotopic (exact) mass is 241 g/mol. The number of hydrogen-bond donors (Lipinski definition) is 0. The predicted octanol–water partition coefficient (Wildman–Crippen LogP) is 0.457. The van der Waals surface area contributed by atoms with Crippen molar-refractivity contribution in [1.29, 1.82) is 0 Å². The summed E-state index contributed by atoms with van der Waals surface area (Å²) in [5.41, 5.74) is 0.617. The molecular formula is C11H15NO5. The number of carbonyl (C=O) groups is 1. The maximum absolute atomic E-state index is 11.4. The van der Waals surface area contributed by atoms with Crippen LogP contribution in [-0.2, 0) is 23.8 Å². The molecule has 6 nitrogen and oxygen atoms in total. The van der Waals surface area contributed by atoms with Gasteiger partial charge >= 0.3 is 5.97 Å². The molecule has 17 heavy (non-hydrogen) atoms. The second-order valence-corrected chi connectivity index (χ2v) is 4.44. The zero-order valence-electron chi connectivity index (χ0n) is 9.46. The highest BCUT2D eigenvalue weighted by atomic mass is 16.7. The third kappa shape index (κ3) is 2.14. The van der Waals surface area contributed by atoms with Crippen molar-refractivity contribution in [2.45, 2.75) is 31.7 Å². The van der Waals surface area contributed by atoms with Crippen molar-refractivity contribution in [2.24, 2.45) is 11.1 Å². The lowest BCUT2D eigenvalue weighted by molar-refractivity contribution is -0.153.